The number of amides is 1. The number of hydrogen-bond donors (Lipinski definition) is 1. The Balaban J connectivity index is 1.96. The van der Waals surface area contributed by atoms with Crippen molar-refractivity contribution in [2.45, 2.75) is 0 Å². The normalized spacial score (nSPS) is 11.0. The van der Waals surface area contributed by atoms with Crippen LogP contribution in [0.1, 0.15) is 10.4 Å². The molecule has 29 heavy (non-hydrogen) atoms. The molecule has 0 unspecified atom stereocenters. The molecule has 0 bridgehead atoms. The van der Waals surface area contributed by atoms with Gasteiger partial charge in [0.15, 0.2) is 0 Å². The predicted octanol–water partition coefficient (Wildman–Crippen LogP) is 2.74. The zero-order valence-electron chi connectivity index (χ0n) is 15.7. The number of nitrogens with one attached hydrogen (secondary N) is 1. The highest BCUT2D eigenvalue weighted by molar-refractivity contribution is 6.30. The average molecular weight is 409 g/mol. The van der Waals surface area contributed by atoms with Gasteiger partial charge in [-0.05, 0) is 24.3 Å². The molecule has 2 aromatic heterocycles. The van der Waals surface area contributed by atoms with Crippen LogP contribution in [0.25, 0.3) is 22.2 Å². The Morgan fingerprint density at radius 2 is 1.59 bits per heavy atom. The van der Waals surface area contributed by atoms with Gasteiger partial charge in [0.25, 0.3) is 11.5 Å². The van der Waals surface area contributed by atoms with Gasteiger partial charge in [0, 0.05) is 30.2 Å². The summed E-state index contributed by atoms with van der Waals surface area (Å²) < 4.78 is 3.92. The van der Waals surface area contributed by atoms with Crippen molar-refractivity contribution < 1.29 is 4.79 Å². The molecule has 8 heteroatoms. The van der Waals surface area contributed by atoms with Gasteiger partial charge in [0.2, 0.25) is 0 Å². The molecule has 2 aromatic carbocycles. The van der Waals surface area contributed by atoms with Gasteiger partial charge in [-0.15, -0.1) is 0 Å². The average Bonchev–Trinajstić information content (AvgIpc) is 3.11. The van der Waals surface area contributed by atoms with Crippen molar-refractivity contribution in [2.24, 2.45) is 14.1 Å². The van der Waals surface area contributed by atoms with Gasteiger partial charge >= 0.3 is 5.69 Å². The molecule has 0 saturated heterocycles. The Morgan fingerprint density at radius 1 is 0.931 bits per heavy atom. The summed E-state index contributed by atoms with van der Waals surface area (Å²) in [4.78, 5) is 38.0. The SMILES string of the molecule is Cn1c(=O)c2c(-c3ccccc3)n(NC(=O)c3ccc(Cl)cc3)cc2n(C)c1=O. The Bertz CT molecular complexity index is 1350. The van der Waals surface area contributed by atoms with Crippen LogP contribution in [-0.4, -0.2) is 19.7 Å². The fourth-order valence-electron chi connectivity index (χ4n) is 3.28. The van der Waals surface area contributed by atoms with Crippen LogP contribution in [-0.2, 0) is 14.1 Å². The maximum Gasteiger partial charge on any atom is 0.330 e. The van der Waals surface area contributed by atoms with Crippen LogP contribution in [0.15, 0.2) is 70.4 Å². The van der Waals surface area contributed by atoms with Crippen molar-refractivity contribution in [2.75, 3.05) is 5.43 Å². The molecule has 0 fully saturated rings. The zero-order valence-corrected chi connectivity index (χ0v) is 16.5. The van der Waals surface area contributed by atoms with Gasteiger partial charge in [-0.3, -0.25) is 28.8 Å². The summed E-state index contributed by atoms with van der Waals surface area (Å²) in [6, 6.07) is 15.7. The van der Waals surface area contributed by atoms with E-state index in [4.69, 9.17) is 11.6 Å². The monoisotopic (exact) mass is 408 g/mol. The van der Waals surface area contributed by atoms with Crippen LogP contribution in [0.4, 0.5) is 0 Å². The first-order chi connectivity index (χ1) is 13.9. The number of rotatable bonds is 3. The lowest BCUT2D eigenvalue weighted by molar-refractivity contribution is 0.101. The predicted molar refractivity (Wildman–Crippen MR) is 113 cm³/mol. The van der Waals surface area contributed by atoms with Crippen molar-refractivity contribution in [3.8, 4) is 11.3 Å². The van der Waals surface area contributed by atoms with Crippen molar-refractivity contribution in [3.63, 3.8) is 0 Å². The standard InChI is InChI=1S/C21H17ClN4O3/c1-24-16-12-26(23-19(27)14-8-10-15(22)11-9-14)18(13-6-4-3-5-7-13)17(16)20(28)25(2)21(24)29/h3-12H,1-2H3,(H,23,27). The zero-order chi connectivity index (χ0) is 20.7. The first kappa shape index (κ1) is 18.8. The van der Waals surface area contributed by atoms with Gasteiger partial charge in [0.1, 0.15) is 0 Å². The molecule has 7 nitrogen and oxygen atoms in total. The molecule has 0 saturated carbocycles. The Kier molecular flexibility index (Phi) is 4.60. The first-order valence-electron chi connectivity index (χ1n) is 8.82. The summed E-state index contributed by atoms with van der Waals surface area (Å²) in [5, 5.41) is 0.869. The number of carbonyl (C=O) groups excluding carboxylic acids is 1. The van der Waals surface area contributed by atoms with E-state index in [1.165, 1.54) is 16.3 Å². The van der Waals surface area contributed by atoms with E-state index in [2.05, 4.69) is 5.43 Å². The topological polar surface area (TPSA) is 78.0 Å². The van der Waals surface area contributed by atoms with E-state index in [0.717, 1.165) is 10.1 Å². The van der Waals surface area contributed by atoms with Crippen LogP contribution < -0.4 is 16.7 Å². The second-order valence-electron chi connectivity index (χ2n) is 6.63. The number of aryl methyl sites for hydroxylation is 1. The summed E-state index contributed by atoms with van der Waals surface area (Å²) in [5.41, 5.74) is 3.99. The molecule has 0 spiro atoms. The van der Waals surface area contributed by atoms with E-state index >= 15 is 0 Å². The lowest BCUT2D eigenvalue weighted by Crippen LogP contribution is -2.36. The number of benzene rings is 2. The van der Waals surface area contributed by atoms with Crippen LogP contribution in [0.5, 0.6) is 0 Å². The minimum atomic E-state index is -0.441. The van der Waals surface area contributed by atoms with Crippen molar-refractivity contribution in [1.82, 2.24) is 13.8 Å². The molecule has 1 amide bonds. The number of nitrogens with zero attached hydrogens (tertiary/aromatic N) is 3. The van der Waals surface area contributed by atoms with E-state index in [1.54, 1.807) is 37.5 Å². The molecule has 0 aliphatic carbocycles. The minimum Gasteiger partial charge on any atom is -0.295 e. The number of aromatic nitrogens is 3. The van der Waals surface area contributed by atoms with E-state index in [0.29, 0.717) is 27.2 Å². The smallest absolute Gasteiger partial charge is 0.295 e. The molecule has 0 radical (unpaired) electrons. The van der Waals surface area contributed by atoms with Crippen molar-refractivity contribution in [3.05, 3.63) is 92.2 Å². The molecular formula is C21H17ClN4O3. The Hall–Kier alpha value is -3.58. The van der Waals surface area contributed by atoms with Crippen LogP contribution in [0.3, 0.4) is 0 Å². The maximum absolute atomic E-state index is 12.9. The fraction of sp³-hybridized carbons (Fsp3) is 0.0952. The number of carbonyl (C=O) groups is 1. The summed E-state index contributed by atoms with van der Waals surface area (Å²) in [6.07, 6.45) is 1.58. The highest BCUT2D eigenvalue weighted by Crippen LogP contribution is 2.27. The minimum absolute atomic E-state index is 0.345. The number of hydrogen-bond acceptors (Lipinski definition) is 3. The number of fused-ring (bicyclic) bond motifs is 1. The second kappa shape index (κ2) is 7.10. The first-order valence-corrected chi connectivity index (χ1v) is 9.19. The highest BCUT2D eigenvalue weighted by Gasteiger charge is 2.20. The third-order valence-corrected chi connectivity index (χ3v) is 5.07. The fourth-order valence-corrected chi connectivity index (χ4v) is 3.41. The molecule has 0 atom stereocenters. The van der Waals surface area contributed by atoms with Gasteiger partial charge in [-0.25, -0.2) is 4.79 Å². The highest BCUT2D eigenvalue weighted by atomic mass is 35.5. The molecule has 4 aromatic rings. The Labute approximate surface area is 170 Å². The summed E-state index contributed by atoms with van der Waals surface area (Å²) in [5.74, 6) is -0.374. The molecule has 1 N–H and O–H groups in total. The quantitative estimate of drug-likeness (QED) is 0.566. The summed E-state index contributed by atoms with van der Waals surface area (Å²) in [7, 11) is 3.02. The lowest BCUT2D eigenvalue weighted by atomic mass is 10.1. The van der Waals surface area contributed by atoms with Gasteiger partial charge in [0.05, 0.1) is 22.8 Å². The summed E-state index contributed by atoms with van der Waals surface area (Å²) in [6.45, 7) is 0. The van der Waals surface area contributed by atoms with Gasteiger partial charge < -0.3 is 0 Å². The van der Waals surface area contributed by atoms with E-state index < -0.39 is 11.2 Å². The second-order valence-corrected chi connectivity index (χ2v) is 7.06. The van der Waals surface area contributed by atoms with Gasteiger partial charge in [-0.2, -0.15) is 0 Å². The third kappa shape index (κ3) is 3.15. The molecule has 146 valence electrons. The lowest BCUT2D eigenvalue weighted by Gasteiger charge is -2.11. The van der Waals surface area contributed by atoms with Crippen LogP contribution in [0, 0.1) is 0 Å². The van der Waals surface area contributed by atoms with E-state index in [9.17, 15) is 14.4 Å². The molecule has 0 aliphatic heterocycles. The van der Waals surface area contributed by atoms with Crippen LogP contribution >= 0.6 is 11.6 Å². The summed E-state index contributed by atoms with van der Waals surface area (Å²) >= 11 is 5.89. The van der Waals surface area contributed by atoms with E-state index in [-0.39, 0.29) is 5.91 Å². The molecule has 2 heterocycles. The Morgan fingerprint density at radius 3 is 2.24 bits per heavy atom. The third-order valence-electron chi connectivity index (χ3n) is 4.81. The van der Waals surface area contributed by atoms with Crippen molar-refractivity contribution >= 4 is 28.4 Å². The largest absolute Gasteiger partial charge is 0.330 e. The maximum atomic E-state index is 12.9. The molecule has 4 rings (SSSR count). The molecule has 0 aliphatic rings. The molecular weight excluding hydrogens is 392 g/mol. The van der Waals surface area contributed by atoms with Crippen LogP contribution in [0.2, 0.25) is 5.02 Å². The number of halogens is 1. The van der Waals surface area contributed by atoms with E-state index in [1.807, 2.05) is 30.3 Å². The van der Waals surface area contributed by atoms with Gasteiger partial charge in [-0.1, -0.05) is 41.9 Å². The van der Waals surface area contributed by atoms with Crippen molar-refractivity contribution in [1.29, 1.82) is 0 Å².